The van der Waals surface area contributed by atoms with E-state index in [1.807, 2.05) is 19.1 Å². The van der Waals surface area contributed by atoms with E-state index in [4.69, 9.17) is 0 Å². The van der Waals surface area contributed by atoms with E-state index in [0.29, 0.717) is 5.69 Å². The lowest BCUT2D eigenvalue weighted by Crippen LogP contribution is -2.19. The molecule has 0 spiro atoms. The molecule has 5 N–H and O–H groups in total. The number of anilines is 2. The van der Waals surface area contributed by atoms with Crippen LogP contribution in [0.4, 0.5) is 16.2 Å². The van der Waals surface area contributed by atoms with Crippen molar-refractivity contribution in [3.8, 4) is 17.2 Å². The molecule has 2 aromatic carbocycles. The van der Waals surface area contributed by atoms with Crippen LogP contribution in [-0.4, -0.2) is 21.4 Å². The first-order valence-electron chi connectivity index (χ1n) is 5.96. The lowest BCUT2D eigenvalue weighted by molar-refractivity contribution is 0.262. The average molecular weight is 400 g/mol. The Balaban J connectivity index is 2.12. The van der Waals surface area contributed by atoms with Gasteiger partial charge in [0.15, 0.2) is 17.2 Å². The van der Waals surface area contributed by atoms with Crippen molar-refractivity contribution in [2.24, 2.45) is 0 Å². The molecule has 2 aromatic rings. The molecule has 0 atom stereocenters. The smallest absolute Gasteiger partial charge is 0.323 e. The van der Waals surface area contributed by atoms with Crippen molar-refractivity contribution in [1.29, 1.82) is 0 Å². The number of phenols is 3. The molecule has 0 fully saturated rings. The molecule has 21 heavy (non-hydrogen) atoms. The van der Waals surface area contributed by atoms with Crippen LogP contribution < -0.4 is 10.6 Å². The highest BCUT2D eigenvalue weighted by Gasteiger charge is 2.11. The molecule has 0 radical (unpaired) electrons. The molecule has 2 rings (SSSR count). The number of phenolic OH excluding ortho intramolecular Hbond substituents is 3. The van der Waals surface area contributed by atoms with Gasteiger partial charge in [-0.25, -0.2) is 4.79 Å². The van der Waals surface area contributed by atoms with Crippen molar-refractivity contribution in [3.63, 3.8) is 0 Å². The highest BCUT2D eigenvalue weighted by atomic mass is 127. The summed E-state index contributed by atoms with van der Waals surface area (Å²) >= 11 is 2.18. The molecule has 0 unspecified atom stereocenters. The third kappa shape index (κ3) is 3.69. The number of aryl methyl sites for hydroxylation is 1. The van der Waals surface area contributed by atoms with Crippen molar-refractivity contribution >= 4 is 40.0 Å². The Morgan fingerprint density at radius 2 is 1.67 bits per heavy atom. The monoisotopic (exact) mass is 400 g/mol. The van der Waals surface area contributed by atoms with Crippen molar-refractivity contribution in [2.75, 3.05) is 10.6 Å². The van der Waals surface area contributed by atoms with Gasteiger partial charge in [-0.1, -0.05) is 0 Å². The summed E-state index contributed by atoms with van der Waals surface area (Å²) < 4.78 is 1.06. The zero-order valence-electron chi connectivity index (χ0n) is 11.0. The maximum atomic E-state index is 11.9. The quantitative estimate of drug-likeness (QED) is 0.303. The van der Waals surface area contributed by atoms with Gasteiger partial charge in [0.1, 0.15) is 0 Å². The summed E-state index contributed by atoms with van der Waals surface area (Å²) in [5.41, 5.74) is 1.72. The van der Waals surface area contributed by atoms with E-state index in [-0.39, 0.29) is 5.69 Å². The Morgan fingerprint density at radius 1 is 1.05 bits per heavy atom. The first kappa shape index (κ1) is 15.2. The van der Waals surface area contributed by atoms with Crippen LogP contribution >= 0.6 is 22.6 Å². The average Bonchev–Trinajstić information content (AvgIpc) is 2.39. The number of urea groups is 1. The fraction of sp³-hybridized carbons (Fsp3) is 0.0714. The first-order chi connectivity index (χ1) is 9.86. The lowest BCUT2D eigenvalue weighted by Gasteiger charge is -2.11. The van der Waals surface area contributed by atoms with Crippen LogP contribution in [0.15, 0.2) is 30.3 Å². The summed E-state index contributed by atoms with van der Waals surface area (Å²) in [6, 6.07) is 7.31. The van der Waals surface area contributed by atoms with E-state index in [1.54, 1.807) is 6.07 Å². The van der Waals surface area contributed by atoms with E-state index in [9.17, 15) is 20.1 Å². The highest BCUT2D eigenvalue weighted by Crippen LogP contribution is 2.37. The number of halogens is 1. The van der Waals surface area contributed by atoms with Gasteiger partial charge in [0, 0.05) is 21.4 Å². The molecule has 0 aliphatic rings. The van der Waals surface area contributed by atoms with E-state index in [2.05, 4.69) is 33.2 Å². The Labute approximate surface area is 134 Å². The van der Waals surface area contributed by atoms with Gasteiger partial charge >= 0.3 is 6.03 Å². The van der Waals surface area contributed by atoms with Crippen LogP contribution in [-0.2, 0) is 0 Å². The Kier molecular flexibility index (Phi) is 4.41. The fourth-order valence-corrected chi connectivity index (χ4v) is 2.38. The van der Waals surface area contributed by atoms with Crippen LogP contribution in [0.5, 0.6) is 17.2 Å². The summed E-state index contributed by atoms with van der Waals surface area (Å²) in [7, 11) is 0. The minimum absolute atomic E-state index is 0.156. The predicted molar refractivity (Wildman–Crippen MR) is 88.0 cm³/mol. The summed E-state index contributed by atoms with van der Waals surface area (Å²) in [5, 5.41) is 33.1. The fourth-order valence-electron chi connectivity index (χ4n) is 1.73. The van der Waals surface area contributed by atoms with Crippen LogP contribution in [0.1, 0.15) is 5.56 Å². The van der Waals surface area contributed by atoms with Crippen molar-refractivity contribution in [3.05, 3.63) is 39.5 Å². The molecule has 0 aliphatic carbocycles. The zero-order valence-corrected chi connectivity index (χ0v) is 13.2. The number of nitrogens with one attached hydrogen (secondary N) is 2. The molecule has 2 amide bonds. The normalized spacial score (nSPS) is 10.2. The summed E-state index contributed by atoms with van der Waals surface area (Å²) in [5.74, 6) is -1.67. The lowest BCUT2D eigenvalue weighted by atomic mass is 10.2. The molecule has 110 valence electrons. The maximum Gasteiger partial charge on any atom is 0.323 e. The number of aromatic hydroxyl groups is 3. The zero-order chi connectivity index (χ0) is 15.6. The molecular formula is C14H13IN2O4. The summed E-state index contributed by atoms with van der Waals surface area (Å²) in [6.45, 7) is 1.87. The minimum atomic E-state index is -0.630. The third-order valence-electron chi connectivity index (χ3n) is 2.76. The highest BCUT2D eigenvalue weighted by molar-refractivity contribution is 14.1. The largest absolute Gasteiger partial charge is 0.504 e. The molecule has 0 saturated carbocycles. The number of carbonyl (C=O) groups is 1. The van der Waals surface area contributed by atoms with Crippen LogP contribution in [0, 0.1) is 10.5 Å². The molecule has 6 nitrogen and oxygen atoms in total. The van der Waals surface area contributed by atoms with Crippen LogP contribution in [0.3, 0.4) is 0 Å². The SMILES string of the molecule is Cc1cc(I)ccc1NC(=O)Nc1cc(O)c(O)c(O)c1. The van der Waals surface area contributed by atoms with E-state index in [0.717, 1.165) is 21.3 Å². The molecule has 0 aromatic heterocycles. The van der Waals surface area contributed by atoms with Gasteiger partial charge in [0.25, 0.3) is 0 Å². The maximum absolute atomic E-state index is 11.9. The van der Waals surface area contributed by atoms with Crippen molar-refractivity contribution in [1.82, 2.24) is 0 Å². The molecule has 0 bridgehead atoms. The second kappa shape index (κ2) is 6.08. The van der Waals surface area contributed by atoms with E-state index < -0.39 is 23.3 Å². The van der Waals surface area contributed by atoms with Crippen LogP contribution in [0.2, 0.25) is 0 Å². The second-order valence-electron chi connectivity index (χ2n) is 4.40. The Bertz CT molecular complexity index is 680. The standard InChI is InChI=1S/C14H13IN2O4/c1-7-4-8(15)2-3-10(7)17-14(21)16-9-5-11(18)13(20)12(19)6-9/h2-6,18-20H,1H3,(H2,16,17,21). The number of rotatable bonds is 2. The Morgan fingerprint density at radius 3 is 2.24 bits per heavy atom. The van der Waals surface area contributed by atoms with Gasteiger partial charge in [-0.3, -0.25) is 0 Å². The van der Waals surface area contributed by atoms with Gasteiger partial charge < -0.3 is 26.0 Å². The van der Waals surface area contributed by atoms with E-state index in [1.165, 1.54) is 0 Å². The Hall–Kier alpha value is -2.16. The van der Waals surface area contributed by atoms with Gasteiger partial charge in [0.2, 0.25) is 0 Å². The third-order valence-corrected chi connectivity index (χ3v) is 3.44. The summed E-state index contributed by atoms with van der Waals surface area (Å²) in [6.07, 6.45) is 0. The number of benzene rings is 2. The number of hydrogen-bond acceptors (Lipinski definition) is 4. The van der Waals surface area contributed by atoms with Gasteiger partial charge in [-0.05, 0) is 53.3 Å². The number of carbonyl (C=O) groups excluding carboxylic acids is 1. The molecule has 0 saturated heterocycles. The van der Waals surface area contributed by atoms with Gasteiger partial charge in [-0.2, -0.15) is 0 Å². The van der Waals surface area contributed by atoms with Gasteiger partial charge in [0.05, 0.1) is 5.69 Å². The first-order valence-corrected chi connectivity index (χ1v) is 7.04. The number of hydrogen-bond donors (Lipinski definition) is 5. The summed E-state index contributed by atoms with van der Waals surface area (Å²) in [4.78, 5) is 11.9. The predicted octanol–water partition coefficient (Wildman–Crippen LogP) is 3.36. The molecule has 7 heteroatoms. The van der Waals surface area contributed by atoms with Crippen LogP contribution in [0.25, 0.3) is 0 Å². The van der Waals surface area contributed by atoms with Gasteiger partial charge in [-0.15, -0.1) is 0 Å². The molecular weight excluding hydrogens is 387 g/mol. The minimum Gasteiger partial charge on any atom is -0.504 e. The topological polar surface area (TPSA) is 102 Å². The molecule has 0 aliphatic heterocycles. The second-order valence-corrected chi connectivity index (χ2v) is 5.65. The number of amides is 2. The van der Waals surface area contributed by atoms with E-state index >= 15 is 0 Å². The van der Waals surface area contributed by atoms with Crippen molar-refractivity contribution < 1.29 is 20.1 Å². The molecule has 0 heterocycles. The van der Waals surface area contributed by atoms with Crippen molar-refractivity contribution in [2.45, 2.75) is 6.92 Å².